The highest BCUT2D eigenvalue weighted by Crippen LogP contribution is 1.87. The summed E-state index contributed by atoms with van der Waals surface area (Å²) in [5, 5.41) is 8.21. The first-order valence-corrected chi connectivity index (χ1v) is 2.14. The zero-order valence-electron chi connectivity index (χ0n) is 4.42. The van der Waals surface area contributed by atoms with Crippen molar-refractivity contribution in [2.75, 3.05) is 0 Å². The van der Waals surface area contributed by atoms with E-state index in [0.29, 0.717) is 5.69 Å². The van der Waals surface area contributed by atoms with E-state index in [2.05, 4.69) is 11.3 Å². The fraction of sp³-hybridized carbons (Fsp3) is 0.200. The van der Waals surface area contributed by atoms with Crippen molar-refractivity contribution in [1.82, 2.24) is 9.55 Å². The summed E-state index contributed by atoms with van der Waals surface area (Å²) in [5.74, 6) is 0. The van der Waals surface area contributed by atoms with Crippen LogP contribution in [-0.4, -0.2) is 9.55 Å². The number of hydrogen-bond donors (Lipinski definition) is 0. The Kier molecular flexibility index (Phi) is 1.01. The highest BCUT2D eigenvalue weighted by atomic mass is 15.0. The second kappa shape index (κ2) is 1.66. The van der Waals surface area contributed by atoms with E-state index in [4.69, 9.17) is 5.26 Å². The van der Waals surface area contributed by atoms with Crippen molar-refractivity contribution in [3.8, 4) is 6.07 Å². The lowest BCUT2D eigenvalue weighted by molar-refractivity contribution is 0.902. The van der Waals surface area contributed by atoms with Gasteiger partial charge in [-0.25, -0.2) is 4.98 Å². The first kappa shape index (κ1) is 4.85. The fourth-order valence-electron chi connectivity index (χ4n) is 0.428. The Hall–Kier alpha value is -1.30. The summed E-state index contributed by atoms with van der Waals surface area (Å²) in [5.41, 5.74) is 0.410. The molecule has 3 nitrogen and oxygen atoms in total. The molecule has 1 radical (unpaired) electrons. The normalized spacial score (nSPS) is 8.50. The maximum atomic E-state index is 8.21. The highest BCUT2D eigenvalue weighted by Gasteiger charge is 1.89. The Morgan fingerprint density at radius 2 is 2.75 bits per heavy atom. The van der Waals surface area contributed by atoms with Crippen LogP contribution in [0.1, 0.15) is 5.69 Å². The van der Waals surface area contributed by atoms with Gasteiger partial charge >= 0.3 is 0 Å². The summed E-state index contributed by atoms with van der Waals surface area (Å²) in [4.78, 5) is 3.61. The molecule has 0 unspecified atom stereocenters. The summed E-state index contributed by atoms with van der Waals surface area (Å²) in [6.07, 6.45) is 4.17. The van der Waals surface area contributed by atoms with E-state index in [-0.39, 0.29) is 0 Å². The van der Waals surface area contributed by atoms with Gasteiger partial charge in [-0.3, -0.25) is 0 Å². The quantitative estimate of drug-likeness (QED) is 0.470. The second-order valence-electron chi connectivity index (χ2n) is 1.45. The van der Waals surface area contributed by atoms with Gasteiger partial charge in [-0.05, 0) is 0 Å². The third kappa shape index (κ3) is 0.684. The predicted molar refractivity (Wildman–Crippen MR) is 26.8 cm³/mol. The standard InChI is InChI=1S/C5H4N3/c1-8-3-5(2-6)7-4-8/h3H,1H3. The first-order chi connectivity index (χ1) is 3.83. The topological polar surface area (TPSA) is 41.6 Å². The molecule has 1 aromatic rings. The fourth-order valence-corrected chi connectivity index (χ4v) is 0.428. The van der Waals surface area contributed by atoms with Gasteiger partial charge in [-0.15, -0.1) is 0 Å². The van der Waals surface area contributed by atoms with Gasteiger partial charge in [0, 0.05) is 13.2 Å². The summed E-state index contributed by atoms with van der Waals surface area (Å²) < 4.78 is 1.61. The van der Waals surface area contributed by atoms with Crippen LogP contribution >= 0.6 is 0 Å². The smallest absolute Gasteiger partial charge is 0.177 e. The van der Waals surface area contributed by atoms with Gasteiger partial charge in [0.1, 0.15) is 6.07 Å². The van der Waals surface area contributed by atoms with E-state index < -0.39 is 0 Å². The van der Waals surface area contributed by atoms with Crippen LogP contribution in [0.2, 0.25) is 0 Å². The van der Waals surface area contributed by atoms with Crippen LogP contribution in [-0.2, 0) is 7.05 Å². The van der Waals surface area contributed by atoms with Crippen LogP contribution in [0, 0.1) is 17.7 Å². The Morgan fingerprint density at radius 1 is 2.00 bits per heavy atom. The molecule has 1 aromatic heterocycles. The SMILES string of the molecule is Cn1[c]nc(C#N)c1. The lowest BCUT2D eigenvalue weighted by atomic mass is 10.5. The van der Waals surface area contributed by atoms with Gasteiger partial charge in [0.05, 0.1) is 0 Å². The molecule has 8 heavy (non-hydrogen) atoms. The monoisotopic (exact) mass is 106 g/mol. The number of hydrogen-bond acceptors (Lipinski definition) is 2. The lowest BCUT2D eigenvalue weighted by Crippen LogP contribution is -1.78. The van der Waals surface area contributed by atoms with Gasteiger partial charge in [0.15, 0.2) is 12.0 Å². The molecular weight excluding hydrogens is 102 g/mol. The molecule has 3 heteroatoms. The zero-order valence-corrected chi connectivity index (χ0v) is 4.42. The van der Waals surface area contributed by atoms with E-state index in [1.165, 1.54) is 0 Å². The summed E-state index contributed by atoms with van der Waals surface area (Å²) in [7, 11) is 1.77. The maximum Gasteiger partial charge on any atom is 0.177 e. The first-order valence-electron chi connectivity index (χ1n) is 2.14. The summed E-state index contributed by atoms with van der Waals surface area (Å²) in [6, 6.07) is 1.88. The molecule has 0 saturated heterocycles. The van der Waals surface area contributed by atoms with E-state index in [9.17, 15) is 0 Å². The van der Waals surface area contributed by atoms with Gasteiger partial charge in [0.2, 0.25) is 0 Å². The van der Waals surface area contributed by atoms with Gasteiger partial charge in [-0.2, -0.15) is 5.26 Å². The third-order valence-electron chi connectivity index (χ3n) is 0.759. The average Bonchev–Trinajstić information content (AvgIpc) is 2.14. The Labute approximate surface area is 47.2 Å². The minimum atomic E-state index is 0.410. The van der Waals surface area contributed by atoms with E-state index in [0.717, 1.165) is 0 Å². The number of imidazole rings is 1. The molecule has 0 saturated carbocycles. The largest absolute Gasteiger partial charge is 0.330 e. The molecule has 0 aliphatic heterocycles. The minimum absolute atomic E-state index is 0.410. The molecule has 0 aliphatic carbocycles. The lowest BCUT2D eigenvalue weighted by Gasteiger charge is -1.76. The van der Waals surface area contributed by atoms with E-state index in [1.54, 1.807) is 17.8 Å². The van der Waals surface area contributed by atoms with E-state index >= 15 is 0 Å². The number of aryl methyl sites for hydroxylation is 1. The predicted octanol–water partition coefficient (Wildman–Crippen LogP) is 0.0920. The third-order valence-corrected chi connectivity index (χ3v) is 0.759. The van der Waals surface area contributed by atoms with Crippen molar-refractivity contribution in [3.63, 3.8) is 0 Å². The average molecular weight is 106 g/mol. The van der Waals surface area contributed by atoms with Crippen LogP contribution in [0.15, 0.2) is 6.20 Å². The van der Waals surface area contributed by atoms with Crippen molar-refractivity contribution in [2.45, 2.75) is 0 Å². The molecule has 0 aromatic carbocycles. The van der Waals surface area contributed by atoms with Gasteiger partial charge < -0.3 is 4.57 Å². The molecule has 0 N–H and O–H groups in total. The molecule has 0 fully saturated rings. The van der Waals surface area contributed by atoms with Gasteiger partial charge in [-0.1, -0.05) is 0 Å². The molecule has 0 spiro atoms. The van der Waals surface area contributed by atoms with Crippen LogP contribution in [0.5, 0.6) is 0 Å². The minimum Gasteiger partial charge on any atom is -0.330 e. The van der Waals surface area contributed by atoms with E-state index in [1.807, 2.05) is 6.07 Å². The highest BCUT2D eigenvalue weighted by molar-refractivity contribution is 5.14. The molecule has 1 rings (SSSR count). The second-order valence-corrected chi connectivity index (χ2v) is 1.45. The Morgan fingerprint density at radius 3 is 3.00 bits per heavy atom. The Balaban J connectivity index is 3.05. The van der Waals surface area contributed by atoms with Crippen molar-refractivity contribution in [3.05, 3.63) is 18.2 Å². The van der Waals surface area contributed by atoms with Crippen molar-refractivity contribution >= 4 is 0 Å². The Bertz CT molecular complexity index is 218. The number of nitrogens with zero attached hydrogens (tertiary/aromatic N) is 3. The molecular formula is C5H4N3. The number of nitriles is 1. The molecule has 0 atom stereocenters. The molecule has 0 aliphatic rings. The molecule has 0 bridgehead atoms. The molecule has 1 heterocycles. The van der Waals surface area contributed by atoms with Crippen LogP contribution in [0.4, 0.5) is 0 Å². The van der Waals surface area contributed by atoms with Crippen LogP contribution in [0.25, 0.3) is 0 Å². The number of rotatable bonds is 0. The van der Waals surface area contributed by atoms with Crippen molar-refractivity contribution in [1.29, 1.82) is 5.26 Å². The summed E-state index contributed by atoms with van der Waals surface area (Å²) in [6.45, 7) is 0. The zero-order chi connectivity index (χ0) is 5.98. The van der Waals surface area contributed by atoms with Crippen molar-refractivity contribution < 1.29 is 0 Å². The molecule has 0 amide bonds. The van der Waals surface area contributed by atoms with Gasteiger partial charge in [0.25, 0.3) is 0 Å². The van der Waals surface area contributed by atoms with Crippen LogP contribution < -0.4 is 0 Å². The van der Waals surface area contributed by atoms with Crippen molar-refractivity contribution in [2.24, 2.45) is 7.05 Å². The summed E-state index contributed by atoms with van der Waals surface area (Å²) >= 11 is 0. The molecule has 39 valence electrons. The van der Waals surface area contributed by atoms with Crippen LogP contribution in [0.3, 0.4) is 0 Å². The maximum absolute atomic E-state index is 8.21. The number of aromatic nitrogens is 2.